The molecule has 2 aromatic rings. The van der Waals surface area contributed by atoms with Gasteiger partial charge in [0.25, 0.3) is 0 Å². The number of hydrogen-bond donors (Lipinski definition) is 1. The van der Waals surface area contributed by atoms with Crippen molar-refractivity contribution in [2.45, 2.75) is 33.1 Å². The third kappa shape index (κ3) is 3.18. The minimum Gasteiger partial charge on any atom is -0.480 e. The molecule has 0 aliphatic rings. The van der Waals surface area contributed by atoms with E-state index in [-0.39, 0.29) is 11.8 Å². The summed E-state index contributed by atoms with van der Waals surface area (Å²) in [4.78, 5) is 20.5. The Kier molecular flexibility index (Phi) is 4.52. The second-order valence-corrected chi connectivity index (χ2v) is 4.63. The van der Waals surface area contributed by atoms with Crippen LogP contribution in [0, 0.1) is 13.8 Å². The molecular weight excluding hydrogens is 272 g/mol. The summed E-state index contributed by atoms with van der Waals surface area (Å²) in [6, 6.07) is 0. The van der Waals surface area contributed by atoms with Crippen LogP contribution in [0.2, 0.25) is 0 Å². The number of hydrogen-bond acceptors (Lipinski definition) is 6. The van der Waals surface area contributed by atoms with Gasteiger partial charge >= 0.3 is 0 Å². The number of rotatable bonds is 5. The van der Waals surface area contributed by atoms with Crippen molar-refractivity contribution < 1.29 is 14.1 Å². The Bertz CT molecular complexity index is 619. The number of ether oxygens (including phenoxy) is 1. The standard InChI is InChI=1S/C14H18N4O3/c1-5-10(13-8(2)18-21-9(13)3)14(19)17-11-6-15-7-12(16-11)20-4/h6-7,10H,5H2,1-4H3,(H,16,17,19). The summed E-state index contributed by atoms with van der Waals surface area (Å²) in [5.74, 6) is 0.840. The quantitative estimate of drug-likeness (QED) is 0.908. The van der Waals surface area contributed by atoms with Gasteiger partial charge in [-0.05, 0) is 20.3 Å². The summed E-state index contributed by atoms with van der Waals surface area (Å²) in [6.07, 6.45) is 3.58. The Hall–Kier alpha value is -2.44. The van der Waals surface area contributed by atoms with E-state index in [2.05, 4.69) is 20.4 Å². The van der Waals surface area contributed by atoms with E-state index in [0.717, 1.165) is 11.3 Å². The maximum Gasteiger partial charge on any atom is 0.233 e. The van der Waals surface area contributed by atoms with E-state index in [1.165, 1.54) is 19.5 Å². The minimum atomic E-state index is -0.343. The van der Waals surface area contributed by atoms with Crippen LogP contribution in [0.4, 0.5) is 5.82 Å². The van der Waals surface area contributed by atoms with Crippen molar-refractivity contribution in [2.24, 2.45) is 0 Å². The molecule has 0 saturated heterocycles. The summed E-state index contributed by atoms with van der Waals surface area (Å²) >= 11 is 0. The van der Waals surface area contributed by atoms with Crippen molar-refractivity contribution in [3.05, 3.63) is 29.4 Å². The molecule has 0 saturated carbocycles. The first kappa shape index (κ1) is 15.0. The Balaban J connectivity index is 2.21. The molecule has 7 heteroatoms. The average molecular weight is 290 g/mol. The number of aromatic nitrogens is 3. The van der Waals surface area contributed by atoms with E-state index in [1.807, 2.05) is 13.8 Å². The molecular formula is C14H18N4O3. The molecule has 1 unspecified atom stereocenters. The van der Waals surface area contributed by atoms with E-state index in [1.54, 1.807) is 6.92 Å². The smallest absolute Gasteiger partial charge is 0.233 e. The van der Waals surface area contributed by atoms with E-state index < -0.39 is 0 Å². The van der Waals surface area contributed by atoms with Gasteiger partial charge in [0.15, 0.2) is 5.82 Å². The molecule has 2 heterocycles. The predicted octanol–water partition coefficient (Wildman–Crippen LogP) is 2.22. The van der Waals surface area contributed by atoms with Gasteiger partial charge in [0.1, 0.15) is 5.76 Å². The Morgan fingerprint density at radius 1 is 1.43 bits per heavy atom. The molecule has 0 bridgehead atoms. The normalized spacial score (nSPS) is 12.0. The molecule has 0 fully saturated rings. The van der Waals surface area contributed by atoms with Gasteiger partial charge in [0.05, 0.1) is 31.1 Å². The maximum atomic E-state index is 12.5. The SMILES string of the molecule is CCC(C(=O)Nc1cncc(OC)n1)c1c(C)noc1C. The molecule has 2 aromatic heterocycles. The van der Waals surface area contributed by atoms with Gasteiger partial charge < -0.3 is 14.6 Å². The van der Waals surface area contributed by atoms with Crippen LogP contribution in [0.1, 0.15) is 36.3 Å². The average Bonchev–Trinajstić information content (AvgIpc) is 2.80. The van der Waals surface area contributed by atoms with Crippen LogP contribution in [0.3, 0.4) is 0 Å². The molecule has 0 aromatic carbocycles. The molecule has 7 nitrogen and oxygen atoms in total. The molecule has 0 aliphatic heterocycles. The van der Waals surface area contributed by atoms with Crippen LogP contribution < -0.4 is 10.1 Å². The summed E-state index contributed by atoms with van der Waals surface area (Å²) in [6.45, 7) is 5.57. The van der Waals surface area contributed by atoms with E-state index in [0.29, 0.717) is 23.9 Å². The molecule has 0 radical (unpaired) electrons. The van der Waals surface area contributed by atoms with Crippen molar-refractivity contribution >= 4 is 11.7 Å². The molecule has 1 atom stereocenters. The van der Waals surface area contributed by atoms with Crippen LogP contribution in [-0.4, -0.2) is 28.1 Å². The summed E-state index contributed by atoms with van der Waals surface area (Å²) in [7, 11) is 1.49. The summed E-state index contributed by atoms with van der Waals surface area (Å²) in [5, 5.41) is 6.65. The van der Waals surface area contributed by atoms with Gasteiger partial charge in [-0.1, -0.05) is 12.1 Å². The number of aryl methyl sites for hydroxylation is 2. The lowest BCUT2D eigenvalue weighted by atomic mass is 9.94. The fourth-order valence-electron chi connectivity index (χ4n) is 2.23. The van der Waals surface area contributed by atoms with E-state index >= 15 is 0 Å². The topological polar surface area (TPSA) is 90.1 Å². The number of carbonyl (C=O) groups excluding carboxylic acids is 1. The molecule has 21 heavy (non-hydrogen) atoms. The molecule has 2 rings (SSSR count). The summed E-state index contributed by atoms with van der Waals surface area (Å²) < 4.78 is 10.1. The fourth-order valence-corrected chi connectivity index (χ4v) is 2.23. The van der Waals surface area contributed by atoms with Crippen LogP contribution in [0.25, 0.3) is 0 Å². The van der Waals surface area contributed by atoms with Crippen LogP contribution in [0.5, 0.6) is 5.88 Å². The zero-order valence-corrected chi connectivity index (χ0v) is 12.5. The third-order valence-electron chi connectivity index (χ3n) is 3.23. The molecule has 1 amide bonds. The maximum absolute atomic E-state index is 12.5. The van der Waals surface area contributed by atoms with Crippen LogP contribution in [0.15, 0.2) is 16.9 Å². The van der Waals surface area contributed by atoms with Gasteiger partial charge in [-0.2, -0.15) is 4.98 Å². The first-order valence-corrected chi connectivity index (χ1v) is 6.66. The van der Waals surface area contributed by atoms with Crippen LogP contribution in [-0.2, 0) is 4.79 Å². The van der Waals surface area contributed by atoms with Crippen molar-refractivity contribution in [1.29, 1.82) is 0 Å². The number of nitrogens with one attached hydrogen (secondary N) is 1. The number of nitrogens with zero attached hydrogens (tertiary/aromatic N) is 3. The van der Waals surface area contributed by atoms with Gasteiger partial charge in [0, 0.05) is 5.56 Å². The Labute approximate surface area is 122 Å². The number of anilines is 1. The zero-order valence-electron chi connectivity index (χ0n) is 12.5. The fraction of sp³-hybridized carbons (Fsp3) is 0.429. The second kappa shape index (κ2) is 6.34. The lowest BCUT2D eigenvalue weighted by Crippen LogP contribution is -2.22. The number of carbonyl (C=O) groups is 1. The highest BCUT2D eigenvalue weighted by Crippen LogP contribution is 2.27. The highest BCUT2D eigenvalue weighted by atomic mass is 16.5. The van der Waals surface area contributed by atoms with E-state index in [9.17, 15) is 4.79 Å². The summed E-state index contributed by atoms with van der Waals surface area (Å²) in [5.41, 5.74) is 1.55. The van der Waals surface area contributed by atoms with Crippen molar-refractivity contribution in [3.8, 4) is 5.88 Å². The largest absolute Gasteiger partial charge is 0.480 e. The zero-order chi connectivity index (χ0) is 15.4. The van der Waals surface area contributed by atoms with Crippen LogP contribution >= 0.6 is 0 Å². The monoisotopic (exact) mass is 290 g/mol. The Morgan fingerprint density at radius 3 is 2.76 bits per heavy atom. The first-order chi connectivity index (χ1) is 10.1. The van der Waals surface area contributed by atoms with Gasteiger partial charge in [-0.25, -0.2) is 0 Å². The first-order valence-electron chi connectivity index (χ1n) is 6.66. The molecule has 0 spiro atoms. The highest BCUT2D eigenvalue weighted by molar-refractivity contribution is 5.95. The highest BCUT2D eigenvalue weighted by Gasteiger charge is 2.26. The van der Waals surface area contributed by atoms with Crippen molar-refractivity contribution in [2.75, 3.05) is 12.4 Å². The lowest BCUT2D eigenvalue weighted by Gasteiger charge is -2.14. The molecule has 1 N–H and O–H groups in total. The van der Waals surface area contributed by atoms with Gasteiger partial charge in [-0.15, -0.1) is 0 Å². The predicted molar refractivity (Wildman–Crippen MR) is 76.2 cm³/mol. The van der Waals surface area contributed by atoms with Crippen molar-refractivity contribution in [3.63, 3.8) is 0 Å². The lowest BCUT2D eigenvalue weighted by molar-refractivity contribution is -0.117. The third-order valence-corrected chi connectivity index (χ3v) is 3.23. The Morgan fingerprint density at radius 2 is 2.19 bits per heavy atom. The number of amides is 1. The minimum absolute atomic E-state index is 0.172. The van der Waals surface area contributed by atoms with Gasteiger partial charge in [0.2, 0.25) is 11.8 Å². The van der Waals surface area contributed by atoms with Gasteiger partial charge in [-0.3, -0.25) is 9.78 Å². The molecule has 0 aliphatic carbocycles. The molecule has 112 valence electrons. The van der Waals surface area contributed by atoms with Crippen molar-refractivity contribution in [1.82, 2.24) is 15.1 Å². The second-order valence-electron chi connectivity index (χ2n) is 4.63. The van der Waals surface area contributed by atoms with E-state index in [4.69, 9.17) is 9.26 Å². The number of methoxy groups -OCH3 is 1.